The number of carbonyl (C=O) groups excluding carboxylic acids is 1. The van der Waals surface area contributed by atoms with E-state index in [-0.39, 0.29) is 42.0 Å². The lowest BCUT2D eigenvalue weighted by molar-refractivity contribution is -0.124. The predicted molar refractivity (Wildman–Crippen MR) is 126 cm³/mol. The van der Waals surface area contributed by atoms with Crippen molar-refractivity contribution in [2.75, 3.05) is 20.8 Å². The average molecular weight is 493 g/mol. The van der Waals surface area contributed by atoms with Crippen LogP contribution in [0.15, 0.2) is 0 Å². The van der Waals surface area contributed by atoms with E-state index < -0.39 is 21.3 Å². The SMILES string of the molecule is COC1CCC(OC)C(N(CC(=O)NC2CCCC(Cl)C2C)S(=O)(=O)C2CCCCC2)C1. The molecule has 0 spiro atoms. The predicted octanol–water partition coefficient (Wildman–Crippen LogP) is 3.45. The van der Waals surface area contributed by atoms with Crippen LogP contribution in [0, 0.1) is 5.92 Å². The first-order valence-corrected chi connectivity index (χ1v) is 14.2. The van der Waals surface area contributed by atoms with Crippen LogP contribution in [0.1, 0.15) is 77.6 Å². The topological polar surface area (TPSA) is 84.9 Å². The maximum atomic E-state index is 13.8. The molecule has 0 radical (unpaired) electrons. The minimum atomic E-state index is -3.65. The van der Waals surface area contributed by atoms with Crippen LogP contribution in [-0.2, 0) is 24.3 Å². The summed E-state index contributed by atoms with van der Waals surface area (Å²) in [5.74, 6) is -0.0848. The Morgan fingerprint density at radius 1 is 1.00 bits per heavy atom. The van der Waals surface area contributed by atoms with Crippen molar-refractivity contribution in [3.63, 3.8) is 0 Å². The van der Waals surface area contributed by atoms with E-state index in [1.807, 2.05) is 0 Å². The van der Waals surface area contributed by atoms with E-state index in [0.717, 1.165) is 44.9 Å². The summed E-state index contributed by atoms with van der Waals surface area (Å²) >= 11 is 6.43. The molecule has 9 heteroatoms. The Morgan fingerprint density at radius 3 is 2.38 bits per heavy atom. The molecular weight excluding hydrogens is 452 g/mol. The molecule has 0 saturated heterocycles. The van der Waals surface area contributed by atoms with Gasteiger partial charge in [0.05, 0.1) is 30.0 Å². The summed E-state index contributed by atoms with van der Waals surface area (Å²) < 4.78 is 40.4. The maximum Gasteiger partial charge on any atom is 0.235 e. The molecule has 1 amide bonds. The van der Waals surface area contributed by atoms with E-state index in [1.165, 1.54) is 4.31 Å². The molecule has 32 heavy (non-hydrogen) atoms. The lowest BCUT2D eigenvalue weighted by Gasteiger charge is -2.42. The molecule has 0 aromatic rings. The van der Waals surface area contributed by atoms with Crippen LogP contribution in [0.4, 0.5) is 0 Å². The minimum absolute atomic E-state index is 0.0192. The van der Waals surface area contributed by atoms with E-state index in [2.05, 4.69) is 12.2 Å². The molecule has 3 rings (SSSR count). The van der Waals surface area contributed by atoms with Crippen LogP contribution < -0.4 is 5.32 Å². The van der Waals surface area contributed by atoms with Crippen molar-refractivity contribution in [1.82, 2.24) is 9.62 Å². The number of hydrogen-bond acceptors (Lipinski definition) is 5. The van der Waals surface area contributed by atoms with Crippen molar-refractivity contribution >= 4 is 27.5 Å². The monoisotopic (exact) mass is 492 g/mol. The zero-order chi connectivity index (χ0) is 23.3. The average Bonchev–Trinajstić information content (AvgIpc) is 2.80. The van der Waals surface area contributed by atoms with Gasteiger partial charge in [0.2, 0.25) is 15.9 Å². The normalized spacial score (nSPS) is 35.0. The summed E-state index contributed by atoms with van der Waals surface area (Å²) in [5.41, 5.74) is 0. The molecule has 6 atom stereocenters. The van der Waals surface area contributed by atoms with Gasteiger partial charge in [-0.25, -0.2) is 8.42 Å². The van der Waals surface area contributed by atoms with Gasteiger partial charge in [-0.05, 0) is 57.3 Å². The van der Waals surface area contributed by atoms with Gasteiger partial charge < -0.3 is 14.8 Å². The highest BCUT2D eigenvalue weighted by atomic mass is 35.5. The molecule has 3 aliphatic rings. The molecule has 6 unspecified atom stereocenters. The van der Waals surface area contributed by atoms with Gasteiger partial charge in [-0.2, -0.15) is 4.31 Å². The van der Waals surface area contributed by atoms with Gasteiger partial charge in [0.1, 0.15) is 0 Å². The van der Waals surface area contributed by atoms with Crippen LogP contribution in [0.25, 0.3) is 0 Å². The quantitative estimate of drug-likeness (QED) is 0.524. The Hall–Kier alpha value is -0.410. The molecule has 186 valence electrons. The number of alkyl halides is 1. The summed E-state index contributed by atoms with van der Waals surface area (Å²) in [7, 11) is -0.361. The summed E-state index contributed by atoms with van der Waals surface area (Å²) in [6, 6.07) is -0.421. The van der Waals surface area contributed by atoms with Crippen LogP contribution in [0.5, 0.6) is 0 Å². The standard InChI is InChI=1S/C23H41ClN2O5S/c1-16-19(24)10-7-11-20(16)25-23(27)15-26(32(28,29)18-8-5-4-6-9-18)21-14-17(30-2)12-13-22(21)31-3/h16-22H,4-15H2,1-3H3,(H,25,27). The van der Waals surface area contributed by atoms with Crippen LogP contribution >= 0.6 is 11.6 Å². The van der Waals surface area contributed by atoms with E-state index in [4.69, 9.17) is 21.1 Å². The fraction of sp³-hybridized carbons (Fsp3) is 0.957. The van der Waals surface area contributed by atoms with Gasteiger partial charge in [-0.3, -0.25) is 4.79 Å². The molecular formula is C23H41ClN2O5S. The first-order chi connectivity index (χ1) is 15.3. The summed E-state index contributed by atoms with van der Waals surface area (Å²) in [6.45, 7) is 1.89. The smallest absolute Gasteiger partial charge is 0.235 e. The third kappa shape index (κ3) is 6.17. The zero-order valence-corrected chi connectivity index (χ0v) is 21.4. The Bertz CT molecular complexity index is 715. The lowest BCUT2D eigenvalue weighted by Crippen LogP contribution is -2.57. The number of hydrogen-bond donors (Lipinski definition) is 1. The second-order valence-electron chi connectivity index (χ2n) is 9.84. The fourth-order valence-corrected chi connectivity index (χ4v) is 8.27. The van der Waals surface area contributed by atoms with E-state index >= 15 is 0 Å². The van der Waals surface area contributed by atoms with Crippen molar-refractivity contribution in [2.45, 2.75) is 112 Å². The van der Waals surface area contributed by atoms with E-state index in [1.54, 1.807) is 14.2 Å². The van der Waals surface area contributed by atoms with Gasteiger partial charge in [-0.15, -0.1) is 11.6 Å². The minimum Gasteiger partial charge on any atom is -0.381 e. The number of amides is 1. The summed E-state index contributed by atoms with van der Waals surface area (Å²) in [5, 5.41) is 2.71. The third-order valence-corrected chi connectivity index (χ3v) is 10.8. The zero-order valence-electron chi connectivity index (χ0n) is 19.8. The van der Waals surface area contributed by atoms with Crippen LogP contribution in [0.3, 0.4) is 0 Å². The molecule has 0 aromatic heterocycles. The molecule has 0 aliphatic heterocycles. The first kappa shape index (κ1) is 26.2. The van der Waals surface area contributed by atoms with Gasteiger partial charge in [0.25, 0.3) is 0 Å². The number of nitrogens with one attached hydrogen (secondary N) is 1. The van der Waals surface area contributed by atoms with Crippen molar-refractivity contribution in [3.05, 3.63) is 0 Å². The Kier molecular flexibility index (Phi) is 9.68. The van der Waals surface area contributed by atoms with Crippen LogP contribution in [-0.4, -0.2) is 74.3 Å². The van der Waals surface area contributed by atoms with Gasteiger partial charge in [0.15, 0.2) is 0 Å². The number of carbonyl (C=O) groups is 1. The highest BCUT2D eigenvalue weighted by Gasteiger charge is 2.44. The Morgan fingerprint density at radius 2 is 1.72 bits per heavy atom. The number of nitrogens with zero attached hydrogens (tertiary/aromatic N) is 1. The molecule has 3 fully saturated rings. The highest BCUT2D eigenvalue weighted by Crippen LogP contribution is 2.34. The number of sulfonamides is 1. The summed E-state index contributed by atoms with van der Waals surface area (Å²) in [4.78, 5) is 13.2. The molecule has 3 saturated carbocycles. The van der Waals surface area contributed by atoms with Gasteiger partial charge in [0, 0.05) is 25.6 Å². The van der Waals surface area contributed by atoms with Crippen LogP contribution in [0.2, 0.25) is 0 Å². The molecule has 3 aliphatic carbocycles. The Balaban J connectivity index is 1.81. The Labute approximate surface area is 199 Å². The number of halogens is 1. The lowest BCUT2D eigenvalue weighted by atomic mass is 9.85. The maximum absolute atomic E-state index is 13.8. The number of rotatable bonds is 8. The summed E-state index contributed by atoms with van der Waals surface area (Å²) in [6.07, 6.45) is 8.82. The van der Waals surface area contributed by atoms with E-state index in [0.29, 0.717) is 25.7 Å². The molecule has 0 bridgehead atoms. The van der Waals surface area contributed by atoms with Crippen molar-refractivity contribution in [2.24, 2.45) is 5.92 Å². The molecule has 0 heterocycles. The van der Waals surface area contributed by atoms with Gasteiger partial charge >= 0.3 is 0 Å². The second kappa shape index (κ2) is 11.8. The van der Waals surface area contributed by atoms with Crippen molar-refractivity contribution < 1.29 is 22.7 Å². The van der Waals surface area contributed by atoms with Gasteiger partial charge in [-0.1, -0.05) is 26.2 Å². The van der Waals surface area contributed by atoms with Crippen molar-refractivity contribution in [1.29, 1.82) is 0 Å². The second-order valence-corrected chi connectivity index (χ2v) is 12.6. The highest BCUT2D eigenvalue weighted by molar-refractivity contribution is 7.89. The number of methoxy groups -OCH3 is 2. The largest absolute Gasteiger partial charge is 0.381 e. The third-order valence-electron chi connectivity index (χ3n) is 7.86. The first-order valence-electron chi connectivity index (χ1n) is 12.3. The molecule has 7 nitrogen and oxygen atoms in total. The molecule has 0 aromatic carbocycles. The molecule has 1 N–H and O–H groups in total. The fourth-order valence-electron chi connectivity index (χ4n) is 5.73. The van der Waals surface area contributed by atoms with Crippen molar-refractivity contribution in [3.8, 4) is 0 Å². The number of ether oxygens (including phenoxy) is 2. The van der Waals surface area contributed by atoms with E-state index in [9.17, 15) is 13.2 Å².